The summed E-state index contributed by atoms with van der Waals surface area (Å²) in [6, 6.07) is 10.1. The lowest BCUT2D eigenvalue weighted by molar-refractivity contribution is 0.282. The Kier molecular flexibility index (Phi) is 2.64. The number of aliphatic hydroxyl groups excluding tert-OH is 1. The van der Waals surface area contributed by atoms with Gasteiger partial charge in [-0.3, -0.25) is 4.68 Å². The fraction of sp³-hybridized carbons (Fsp3) is 0.214. The number of aryl methyl sites for hydroxylation is 1. The van der Waals surface area contributed by atoms with Crippen molar-refractivity contribution in [3.8, 4) is 0 Å². The second-order valence-corrected chi connectivity index (χ2v) is 4.48. The topological polar surface area (TPSA) is 43.0 Å². The predicted octanol–water partition coefficient (Wildman–Crippen LogP) is 1.92. The van der Waals surface area contributed by atoms with Gasteiger partial charge >= 0.3 is 0 Å². The molecule has 1 aromatic carbocycles. The highest BCUT2D eigenvalue weighted by Crippen LogP contribution is 2.18. The first kappa shape index (κ1) is 11.0. The van der Waals surface area contributed by atoms with Crippen molar-refractivity contribution in [3.63, 3.8) is 0 Å². The molecule has 0 saturated carbocycles. The van der Waals surface area contributed by atoms with Crippen LogP contribution >= 0.6 is 0 Å². The number of fused-ring (bicyclic) bond motifs is 1. The van der Waals surface area contributed by atoms with Gasteiger partial charge in [-0.1, -0.05) is 12.1 Å². The molecule has 0 fully saturated rings. The van der Waals surface area contributed by atoms with Crippen molar-refractivity contribution in [1.82, 2.24) is 14.3 Å². The van der Waals surface area contributed by atoms with Crippen LogP contribution in [0.15, 0.2) is 42.7 Å². The van der Waals surface area contributed by atoms with E-state index < -0.39 is 0 Å². The molecule has 0 saturated heterocycles. The largest absolute Gasteiger partial charge is 0.392 e. The van der Waals surface area contributed by atoms with Gasteiger partial charge in [-0.25, -0.2) is 0 Å². The van der Waals surface area contributed by atoms with Crippen LogP contribution in [0.3, 0.4) is 0 Å². The minimum absolute atomic E-state index is 0.0741. The molecule has 3 aromatic rings. The van der Waals surface area contributed by atoms with Crippen LogP contribution in [0, 0.1) is 0 Å². The van der Waals surface area contributed by atoms with Crippen molar-refractivity contribution in [2.45, 2.75) is 13.2 Å². The summed E-state index contributed by atoms with van der Waals surface area (Å²) >= 11 is 0. The van der Waals surface area contributed by atoms with Gasteiger partial charge in [0.1, 0.15) is 0 Å². The molecular formula is C14H15N3O. The molecule has 0 spiro atoms. The second-order valence-electron chi connectivity index (χ2n) is 4.48. The van der Waals surface area contributed by atoms with Gasteiger partial charge in [0.05, 0.1) is 18.8 Å². The molecule has 3 rings (SSSR count). The monoisotopic (exact) mass is 241 g/mol. The van der Waals surface area contributed by atoms with Gasteiger partial charge in [0, 0.05) is 25.0 Å². The molecule has 2 heterocycles. The van der Waals surface area contributed by atoms with E-state index in [9.17, 15) is 5.11 Å². The molecule has 1 N–H and O–H groups in total. The molecule has 18 heavy (non-hydrogen) atoms. The van der Waals surface area contributed by atoms with E-state index >= 15 is 0 Å². The summed E-state index contributed by atoms with van der Waals surface area (Å²) in [5, 5.41) is 14.8. The number of benzene rings is 1. The van der Waals surface area contributed by atoms with Gasteiger partial charge in [-0.05, 0) is 29.1 Å². The van der Waals surface area contributed by atoms with Gasteiger partial charge in [-0.15, -0.1) is 0 Å². The lowest BCUT2D eigenvalue weighted by Gasteiger charge is -2.04. The Balaban J connectivity index is 2.01. The Morgan fingerprint density at radius 2 is 2.06 bits per heavy atom. The van der Waals surface area contributed by atoms with Crippen molar-refractivity contribution < 1.29 is 5.11 Å². The average molecular weight is 241 g/mol. The third-order valence-electron chi connectivity index (χ3n) is 3.12. The van der Waals surface area contributed by atoms with E-state index in [4.69, 9.17) is 0 Å². The van der Waals surface area contributed by atoms with Gasteiger partial charge in [-0.2, -0.15) is 5.10 Å². The van der Waals surface area contributed by atoms with Crippen LogP contribution in [0.4, 0.5) is 0 Å². The zero-order valence-corrected chi connectivity index (χ0v) is 10.2. The van der Waals surface area contributed by atoms with Crippen molar-refractivity contribution >= 4 is 10.9 Å². The van der Waals surface area contributed by atoms with Crippen LogP contribution in [0.2, 0.25) is 0 Å². The smallest absolute Gasteiger partial charge is 0.0821 e. The first-order valence-corrected chi connectivity index (χ1v) is 5.93. The Morgan fingerprint density at radius 3 is 2.78 bits per heavy atom. The lowest BCUT2D eigenvalue weighted by atomic mass is 10.2. The van der Waals surface area contributed by atoms with Crippen LogP contribution < -0.4 is 0 Å². The summed E-state index contributed by atoms with van der Waals surface area (Å²) in [6.45, 7) is 0.823. The fourth-order valence-corrected chi connectivity index (χ4v) is 2.19. The van der Waals surface area contributed by atoms with Crippen molar-refractivity contribution in [2.75, 3.05) is 0 Å². The Bertz CT molecular complexity index is 681. The minimum atomic E-state index is 0.0741. The summed E-state index contributed by atoms with van der Waals surface area (Å²) in [6.07, 6.45) is 4.00. The SMILES string of the molecule is Cn1ccc(Cn2ccc3ccc(CO)cc32)n1. The maximum absolute atomic E-state index is 9.19. The van der Waals surface area contributed by atoms with Crippen LogP contribution in [-0.4, -0.2) is 19.5 Å². The fourth-order valence-electron chi connectivity index (χ4n) is 2.19. The second kappa shape index (κ2) is 4.31. The number of hydrogen-bond acceptors (Lipinski definition) is 2. The van der Waals surface area contributed by atoms with E-state index in [1.54, 1.807) is 4.68 Å². The van der Waals surface area contributed by atoms with Crippen LogP contribution in [0.5, 0.6) is 0 Å². The molecule has 92 valence electrons. The summed E-state index contributed by atoms with van der Waals surface area (Å²) in [5.41, 5.74) is 3.10. The van der Waals surface area contributed by atoms with E-state index in [1.165, 1.54) is 5.39 Å². The number of nitrogens with zero attached hydrogens (tertiary/aromatic N) is 3. The number of hydrogen-bond donors (Lipinski definition) is 1. The quantitative estimate of drug-likeness (QED) is 0.761. The molecule has 2 aromatic heterocycles. The van der Waals surface area contributed by atoms with E-state index in [1.807, 2.05) is 37.5 Å². The molecule has 0 aliphatic carbocycles. The summed E-state index contributed by atoms with van der Waals surface area (Å²) in [5.74, 6) is 0. The first-order valence-electron chi connectivity index (χ1n) is 5.93. The predicted molar refractivity (Wildman–Crippen MR) is 70.2 cm³/mol. The number of aliphatic hydroxyl groups is 1. The van der Waals surface area contributed by atoms with Gasteiger partial charge < -0.3 is 9.67 Å². The van der Waals surface area contributed by atoms with E-state index in [0.29, 0.717) is 0 Å². The maximum Gasteiger partial charge on any atom is 0.0821 e. The first-order chi connectivity index (χ1) is 8.76. The standard InChI is InChI=1S/C14H15N3O/c1-16-6-5-13(15-16)9-17-7-4-12-3-2-11(10-18)8-14(12)17/h2-8,18H,9-10H2,1H3. The van der Waals surface area contributed by atoms with Gasteiger partial charge in [0.25, 0.3) is 0 Å². The Labute approximate surface area is 105 Å². The molecule has 0 radical (unpaired) electrons. The molecule has 4 heteroatoms. The number of aromatic nitrogens is 3. The molecule has 0 aliphatic heterocycles. The molecule has 4 nitrogen and oxygen atoms in total. The van der Waals surface area contributed by atoms with Gasteiger partial charge in [0.15, 0.2) is 0 Å². The molecule has 0 bridgehead atoms. The molecule has 0 atom stereocenters. The zero-order valence-electron chi connectivity index (χ0n) is 10.2. The molecular weight excluding hydrogens is 226 g/mol. The number of rotatable bonds is 3. The zero-order chi connectivity index (χ0) is 12.5. The normalized spacial score (nSPS) is 11.2. The van der Waals surface area contributed by atoms with Crippen LogP contribution in [0.1, 0.15) is 11.3 Å². The summed E-state index contributed by atoms with van der Waals surface area (Å²) in [4.78, 5) is 0. The minimum Gasteiger partial charge on any atom is -0.392 e. The van der Waals surface area contributed by atoms with Crippen molar-refractivity contribution in [3.05, 3.63) is 54.0 Å². The van der Waals surface area contributed by atoms with E-state index in [-0.39, 0.29) is 6.61 Å². The molecule has 0 unspecified atom stereocenters. The van der Waals surface area contributed by atoms with Gasteiger partial charge in [0.2, 0.25) is 0 Å². The maximum atomic E-state index is 9.19. The third-order valence-corrected chi connectivity index (χ3v) is 3.12. The highest BCUT2D eigenvalue weighted by Gasteiger charge is 2.04. The highest BCUT2D eigenvalue weighted by atomic mass is 16.3. The van der Waals surface area contributed by atoms with E-state index in [2.05, 4.69) is 21.9 Å². The van der Waals surface area contributed by atoms with Crippen molar-refractivity contribution in [1.29, 1.82) is 0 Å². The molecule has 0 aliphatic rings. The molecule has 0 amide bonds. The average Bonchev–Trinajstić information content (AvgIpc) is 2.96. The van der Waals surface area contributed by atoms with Crippen molar-refractivity contribution in [2.24, 2.45) is 7.05 Å². The van der Waals surface area contributed by atoms with E-state index in [0.717, 1.165) is 23.3 Å². The Hall–Kier alpha value is -2.07. The third kappa shape index (κ3) is 1.91. The lowest BCUT2D eigenvalue weighted by Crippen LogP contribution is -2.00. The Morgan fingerprint density at radius 1 is 1.17 bits per heavy atom. The summed E-state index contributed by atoms with van der Waals surface area (Å²) < 4.78 is 3.96. The highest BCUT2D eigenvalue weighted by molar-refractivity contribution is 5.80. The van der Waals surface area contributed by atoms with Crippen LogP contribution in [-0.2, 0) is 20.2 Å². The summed E-state index contributed by atoms with van der Waals surface area (Å²) in [7, 11) is 1.92. The van der Waals surface area contributed by atoms with Crippen LogP contribution in [0.25, 0.3) is 10.9 Å².